The number of anilines is 1. The van der Waals surface area contributed by atoms with Crippen molar-refractivity contribution in [3.05, 3.63) is 29.8 Å². The molecule has 0 heterocycles. The van der Waals surface area contributed by atoms with Gasteiger partial charge in [0, 0.05) is 5.69 Å². The maximum absolute atomic E-state index is 12.6. The molecule has 0 bridgehead atoms. The smallest absolute Gasteiger partial charge is 0.408 e. The molecule has 1 saturated carbocycles. The number of benzene rings is 1. The van der Waals surface area contributed by atoms with Gasteiger partial charge in [0.25, 0.3) is 0 Å². The minimum absolute atomic E-state index is 0.296. The van der Waals surface area contributed by atoms with Crippen molar-refractivity contribution in [2.24, 2.45) is 0 Å². The number of hydrogen-bond donors (Lipinski definition) is 2. The average molecular weight is 348 g/mol. The summed E-state index contributed by atoms with van der Waals surface area (Å²) in [5.41, 5.74) is -0.654. The summed E-state index contributed by atoms with van der Waals surface area (Å²) in [5.74, 6) is -0.740. The number of esters is 1. The molecule has 0 saturated heterocycles. The van der Waals surface area contributed by atoms with Crippen LogP contribution in [0.2, 0.25) is 0 Å². The third-order valence-electron chi connectivity index (χ3n) is 3.95. The van der Waals surface area contributed by atoms with E-state index in [1.807, 2.05) is 0 Å². The Labute approximate surface area is 147 Å². The van der Waals surface area contributed by atoms with Crippen LogP contribution in [-0.4, -0.2) is 36.2 Å². The van der Waals surface area contributed by atoms with E-state index in [1.165, 1.54) is 7.11 Å². The highest BCUT2D eigenvalue weighted by Gasteiger charge is 2.46. The number of nitrogens with one attached hydrogen (secondary N) is 2. The molecule has 1 fully saturated rings. The van der Waals surface area contributed by atoms with Crippen LogP contribution < -0.4 is 10.6 Å². The van der Waals surface area contributed by atoms with Gasteiger partial charge in [0.05, 0.1) is 12.7 Å². The number of methoxy groups -OCH3 is 1. The third kappa shape index (κ3) is 4.71. The number of ether oxygens (including phenoxy) is 2. The van der Waals surface area contributed by atoms with Crippen LogP contribution in [0.1, 0.15) is 50.4 Å². The first-order valence-corrected chi connectivity index (χ1v) is 8.16. The second-order valence-corrected chi connectivity index (χ2v) is 7.09. The topological polar surface area (TPSA) is 93.7 Å². The van der Waals surface area contributed by atoms with Crippen LogP contribution in [-0.2, 0) is 14.3 Å². The lowest BCUT2D eigenvalue weighted by Crippen LogP contribution is -2.61. The van der Waals surface area contributed by atoms with E-state index >= 15 is 0 Å². The molecule has 0 unspecified atom stereocenters. The van der Waals surface area contributed by atoms with E-state index in [0.717, 1.165) is 6.42 Å². The van der Waals surface area contributed by atoms with Gasteiger partial charge in [-0.2, -0.15) is 0 Å². The van der Waals surface area contributed by atoms with E-state index in [2.05, 4.69) is 15.4 Å². The van der Waals surface area contributed by atoms with Crippen molar-refractivity contribution in [3.8, 4) is 0 Å². The van der Waals surface area contributed by atoms with E-state index < -0.39 is 23.2 Å². The Kier molecular flexibility index (Phi) is 5.35. The number of carbonyl (C=O) groups excluding carboxylic acids is 3. The molecule has 0 atom stereocenters. The van der Waals surface area contributed by atoms with Crippen molar-refractivity contribution >= 4 is 23.7 Å². The molecule has 0 radical (unpaired) electrons. The van der Waals surface area contributed by atoms with Gasteiger partial charge in [0.1, 0.15) is 11.1 Å². The lowest BCUT2D eigenvalue weighted by molar-refractivity contribution is -0.125. The third-order valence-corrected chi connectivity index (χ3v) is 3.95. The van der Waals surface area contributed by atoms with Gasteiger partial charge in [-0.15, -0.1) is 0 Å². The Morgan fingerprint density at radius 1 is 1.08 bits per heavy atom. The summed E-state index contributed by atoms with van der Waals surface area (Å²) in [4.78, 5) is 36.1. The van der Waals surface area contributed by atoms with Crippen LogP contribution in [0, 0.1) is 0 Å². The molecule has 2 amide bonds. The first kappa shape index (κ1) is 18.8. The molecule has 25 heavy (non-hydrogen) atoms. The lowest BCUT2D eigenvalue weighted by Gasteiger charge is -2.40. The lowest BCUT2D eigenvalue weighted by atomic mass is 9.76. The van der Waals surface area contributed by atoms with Crippen LogP contribution in [0.15, 0.2) is 24.3 Å². The van der Waals surface area contributed by atoms with Crippen LogP contribution in [0.4, 0.5) is 10.5 Å². The Balaban J connectivity index is 2.02. The number of hydrogen-bond acceptors (Lipinski definition) is 5. The summed E-state index contributed by atoms with van der Waals surface area (Å²) in [7, 11) is 1.31. The van der Waals surface area contributed by atoms with Gasteiger partial charge in [-0.05, 0) is 64.3 Å². The molecule has 0 aromatic heterocycles. The van der Waals surface area contributed by atoms with Crippen molar-refractivity contribution in [2.45, 2.75) is 51.2 Å². The second kappa shape index (κ2) is 7.13. The molecule has 0 spiro atoms. The molecule has 7 heteroatoms. The Morgan fingerprint density at radius 3 is 2.12 bits per heavy atom. The van der Waals surface area contributed by atoms with Crippen molar-refractivity contribution in [3.63, 3.8) is 0 Å². The molecular weight excluding hydrogens is 324 g/mol. The highest BCUT2D eigenvalue weighted by atomic mass is 16.6. The first-order chi connectivity index (χ1) is 11.6. The minimum atomic E-state index is -0.955. The van der Waals surface area contributed by atoms with E-state index in [4.69, 9.17) is 4.74 Å². The SMILES string of the molecule is COC(=O)c1ccc(NC(=O)C2(NC(=O)OC(C)(C)C)CCC2)cc1. The second-order valence-electron chi connectivity index (χ2n) is 7.09. The zero-order valence-electron chi connectivity index (χ0n) is 15.0. The summed E-state index contributed by atoms with van der Waals surface area (Å²) in [6.45, 7) is 5.30. The summed E-state index contributed by atoms with van der Waals surface area (Å²) in [6, 6.07) is 6.36. The fourth-order valence-corrected chi connectivity index (χ4v) is 2.50. The predicted molar refractivity (Wildman–Crippen MR) is 92.4 cm³/mol. The van der Waals surface area contributed by atoms with Crippen molar-refractivity contribution in [1.82, 2.24) is 5.32 Å². The predicted octanol–water partition coefficient (Wildman–Crippen LogP) is 2.86. The average Bonchev–Trinajstić information content (AvgIpc) is 2.49. The van der Waals surface area contributed by atoms with Gasteiger partial charge in [-0.3, -0.25) is 4.79 Å². The number of rotatable bonds is 4. The Bertz CT molecular complexity index is 657. The van der Waals surface area contributed by atoms with Crippen LogP contribution in [0.3, 0.4) is 0 Å². The fraction of sp³-hybridized carbons (Fsp3) is 0.500. The summed E-state index contributed by atoms with van der Waals surface area (Å²) < 4.78 is 9.88. The zero-order valence-corrected chi connectivity index (χ0v) is 15.0. The molecule has 1 aliphatic rings. The molecule has 136 valence electrons. The fourth-order valence-electron chi connectivity index (χ4n) is 2.50. The van der Waals surface area contributed by atoms with Crippen LogP contribution >= 0.6 is 0 Å². The normalized spacial score (nSPS) is 15.5. The summed E-state index contributed by atoms with van der Waals surface area (Å²) in [5, 5.41) is 5.47. The van der Waals surface area contributed by atoms with Gasteiger partial charge in [-0.25, -0.2) is 9.59 Å². The highest BCUT2D eigenvalue weighted by Crippen LogP contribution is 2.33. The number of alkyl carbamates (subject to hydrolysis) is 1. The molecule has 2 N–H and O–H groups in total. The quantitative estimate of drug-likeness (QED) is 0.816. The van der Waals surface area contributed by atoms with Crippen molar-refractivity contribution in [1.29, 1.82) is 0 Å². The molecule has 7 nitrogen and oxygen atoms in total. The van der Waals surface area contributed by atoms with Gasteiger partial charge in [0.15, 0.2) is 0 Å². The number of carbonyl (C=O) groups is 3. The van der Waals surface area contributed by atoms with Gasteiger partial charge >= 0.3 is 12.1 Å². The van der Waals surface area contributed by atoms with Gasteiger partial charge in [-0.1, -0.05) is 0 Å². The standard InChI is InChI=1S/C18H24N2O5/c1-17(2,3)25-16(23)20-18(10-5-11-18)15(22)19-13-8-6-12(7-9-13)14(21)24-4/h6-9H,5,10-11H2,1-4H3,(H,19,22)(H,20,23). The molecule has 2 rings (SSSR count). The maximum atomic E-state index is 12.6. The van der Waals surface area contributed by atoms with Crippen LogP contribution in [0.5, 0.6) is 0 Å². The van der Waals surface area contributed by atoms with Gasteiger partial charge < -0.3 is 20.1 Å². The maximum Gasteiger partial charge on any atom is 0.408 e. The molecule has 1 aromatic carbocycles. The molecule has 1 aliphatic carbocycles. The Morgan fingerprint density at radius 2 is 1.68 bits per heavy atom. The summed E-state index contributed by atoms with van der Waals surface area (Å²) in [6.07, 6.45) is 1.35. The summed E-state index contributed by atoms with van der Waals surface area (Å²) >= 11 is 0. The zero-order chi connectivity index (χ0) is 18.7. The number of amides is 2. The van der Waals surface area contributed by atoms with E-state index in [-0.39, 0.29) is 5.91 Å². The van der Waals surface area contributed by atoms with E-state index in [1.54, 1.807) is 45.0 Å². The largest absolute Gasteiger partial charge is 0.465 e. The minimum Gasteiger partial charge on any atom is -0.465 e. The highest BCUT2D eigenvalue weighted by molar-refractivity contribution is 6.01. The molecule has 1 aromatic rings. The monoisotopic (exact) mass is 348 g/mol. The van der Waals surface area contributed by atoms with E-state index in [0.29, 0.717) is 24.1 Å². The molecular formula is C18H24N2O5. The van der Waals surface area contributed by atoms with Crippen molar-refractivity contribution in [2.75, 3.05) is 12.4 Å². The molecule has 0 aliphatic heterocycles. The first-order valence-electron chi connectivity index (χ1n) is 8.16. The van der Waals surface area contributed by atoms with E-state index in [9.17, 15) is 14.4 Å². The van der Waals surface area contributed by atoms with Gasteiger partial charge in [0.2, 0.25) is 5.91 Å². The Hall–Kier alpha value is -2.57. The van der Waals surface area contributed by atoms with Crippen LogP contribution in [0.25, 0.3) is 0 Å². The van der Waals surface area contributed by atoms with Crippen molar-refractivity contribution < 1.29 is 23.9 Å².